The highest BCUT2D eigenvalue weighted by atomic mass is 16.5. The minimum atomic E-state index is 0.865. The Balaban J connectivity index is 2.32. The Bertz CT molecular complexity index is 471. The van der Waals surface area contributed by atoms with E-state index in [0.717, 1.165) is 17.2 Å². The molecule has 0 amide bonds. The van der Waals surface area contributed by atoms with Crippen LogP contribution >= 0.6 is 0 Å². The Hall–Kier alpha value is -1.70. The van der Waals surface area contributed by atoms with E-state index < -0.39 is 0 Å². The van der Waals surface area contributed by atoms with Crippen LogP contribution in [0.3, 0.4) is 0 Å². The molecule has 2 rings (SSSR count). The predicted molar refractivity (Wildman–Crippen MR) is 61.4 cm³/mol. The van der Waals surface area contributed by atoms with Crippen molar-refractivity contribution in [3.05, 3.63) is 47.7 Å². The Morgan fingerprint density at radius 1 is 1.13 bits per heavy atom. The molecule has 0 saturated carbocycles. The molecule has 0 aliphatic heterocycles. The molecule has 15 heavy (non-hydrogen) atoms. The van der Waals surface area contributed by atoms with Gasteiger partial charge in [-0.1, -0.05) is 12.1 Å². The summed E-state index contributed by atoms with van der Waals surface area (Å²) in [6.07, 6.45) is 1.97. The number of ether oxygens (including phenoxy) is 1. The smallest absolute Gasteiger partial charge is 0.199 e. The van der Waals surface area contributed by atoms with Crippen LogP contribution in [0.4, 0.5) is 0 Å². The van der Waals surface area contributed by atoms with Gasteiger partial charge in [-0.05, 0) is 37.1 Å². The van der Waals surface area contributed by atoms with Crippen molar-refractivity contribution in [1.82, 2.24) is 4.57 Å². The minimum absolute atomic E-state index is 0.865. The van der Waals surface area contributed by atoms with Gasteiger partial charge in [-0.25, -0.2) is 0 Å². The highest BCUT2D eigenvalue weighted by Crippen LogP contribution is 2.25. The molecule has 2 nitrogen and oxygen atoms in total. The first-order valence-electron chi connectivity index (χ1n) is 5.03. The summed E-state index contributed by atoms with van der Waals surface area (Å²) in [4.78, 5) is 0. The molecule has 1 aromatic carbocycles. The summed E-state index contributed by atoms with van der Waals surface area (Å²) in [7, 11) is 1.97. The topological polar surface area (TPSA) is 14.2 Å². The van der Waals surface area contributed by atoms with E-state index in [-0.39, 0.29) is 0 Å². The monoisotopic (exact) mass is 201 g/mol. The third kappa shape index (κ3) is 2.04. The molecule has 0 radical (unpaired) electrons. The van der Waals surface area contributed by atoms with E-state index in [4.69, 9.17) is 4.74 Å². The van der Waals surface area contributed by atoms with Gasteiger partial charge in [-0.2, -0.15) is 0 Å². The van der Waals surface area contributed by atoms with Crippen LogP contribution in [0.2, 0.25) is 0 Å². The Kier molecular flexibility index (Phi) is 2.50. The second-order valence-electron chi connectivity index (χ2n) is 3.83. The number of hydrogen-bond acceptors (Lipinski definition) is 1. The van der Waals surface area contributed by atoms with Gasteiger partial charge in [0.2, 0.25) is 0 Å². The number of aromatic nitrogens is 1. The van der Waals surface area contributed by atoms with E-state index in [0.29, 0.717) is 0 Å². The minimum Gasteiger partial charge on any atom is -0.441 e. The molecule has 2 heteroatoms. The molecule has 0 atom stereocenters. The average molecular weight is 201 g/mol. The molecule has 78 valence electrons. The molecule has 0 fully saturated rings. The lowest BCUT2D eigenvalue weighted by molar-refractivity contribution is 0.440. The van der Waals surface area contributed by atoms with Gasteiger partial charge in [0.15, 0.2) is 5.88 Å². The van der Waals surface area contributed by atoms with Crippen LogP contribution < -0.4 is 4.74 Å². The van der Waals surface area contributed by atoms with Gasteiger partial charge in [0, 0.05) is 19.3 Å². The maximum atomic E-state index is 5.82. The lowest BCUT2D eigenvalue weighted by Gasteiger charge is -2.09. The number of aryl methyl sites for hydroxylation is 3. The number of benzene rings is 1. The van der Waals surface area contributed by atoms with Crippen LogP contribution in [0.1, 0.15) is 11.1 Å². The zero-order valence-corrected chi connectivity index (χ0v) is 9.32. The highest BCUT2D eigenvalue weighted by Gasteiger charge is 2.03. The van der Waals surface area contributed by atoms with Crippen molar-refractivity contribution in [3.8, 4) is 11.6 Å². The van der Waals surface area contributed by atoms with E-state index in [1.165, 1.54) is 5.56 Å². The Morgan fingerprint density at radius 3 is 2.60 bits per heavy atom. The molecule has 0 spiro atoms. The van der Waals surface area contributed by atoms with E-state index in [1.54, 1.807) is 0 Å². The van der Waals surface area contributed by atoms with Gasteiger partial charge in [-0.15, -0.1) is 0 Å². The van der Waals surface area contributed by atoms with E-state index in [2.05, 4.69) is 32.0 Å². The lowest BCUT2D eigenvalue weighted by atomic mass is 10.1. The molecule has 0 bridgehead atoms. The molecule has 1 heterocycles. The van der Waals surface area contributed by atoms with E-state index >= 15 is 0 Å². The maximum absolute atomic E-state index is 5.82. The van der Waals surface area contributed by atoms with Crippen molar-refractivity contribution < 1.29 is 4.74 Å². The van der Waals surface area contributed by atoms with Crippen LogP contribution in [-0.2, 0) is 7.05 Å². The zero-order chi connectivity index (χ0) is 10.8. The Labute approximate surface area is 90.1 Å². The summed E-state index contributed by atoms with van der Waals surface area (Å²) in [5.74, 6) is 1.79. The summed E-state index contributed by atoms with van der Waals surface area (Å²) in [6.45, 7) is 4.12. The second-order valence-corrected chi connectivity index (χ2v) is 3.83. The maximum Gasteiger partial charge on any atom is 0.199 e. The van der Waals surface area contributed by atoms with Crippen molar-refractivity contribution in [2.75, 3.05) is 0 Å². The molecule has 0 N–H and O–H groups in total. The van der Waals surface area contributed by atoms with Crippen LogP contribution in [0.25, 0.3) is 0 Å². The fourth-order valence-electron chi connectivity index (χ4n) is 1.48. The first-order chi connectivity index (χ1) is 7.16. The number of rotatable bonds is 2. The van der Waals surface area contributed by atoms with Gasteiger partial charge in [0.25, 0.3) is 0 Å². The first kappa shape index (κ1) is 9.84. The molecule has 0 aliphatic rings. The van der Waals surface area contributed by atoms with Crippen molar-refractivity contribution in [2.24, 2.45) is 7.05 Å². The van der Waals surface area contributed by atoms with Crippen molar-refractivity contribution in [1.29, 1.82) is 0 Å². The van der Waals surface area contributed by atoms with E-state index in [9.17, 15) is 0 Å². The fraction of sp³-hybridized carbons (Fsp3) is 0.231. The molecular weight excluding hydrogens is 186 g/mol. The van der Waals surface area contributed by atoms with Crippen LogP contribution in [0.15, 0.2) is 36.5 Å². The van der Waals surface area contributed by atoms with Crippen LogP contribution in [0.5, 0.6) is 11.6 Å². The summed E-state index contributed by atoms with van der Waals surface area (Å²) in [5.41, 5.74) is 2.37. The molecule has 2 aromatic rings. The van der Waals surface area contributed by atoms with Gasteiger partial charge in [0.1, 0.15) is 5.75 Å². The molecule has 0 unspecified atom stereocenters. The number of nitrogens with zero attached hydrogens (tertiary/aromatic N) is 1. The van der Waals surface area contributed by atoms with Gasteiger partial charge >= 0.3 is 0 Å². The normalized spacial score (nSPS) is 10.3. The molecule has 0 aliphatic carbocycles. The molecule has 0 saturated heterocycles. The largest absolute Gasteiger partial charge is 0.441 e. The Morgan fingerprint density at radius 2 is 1.93 bits per heavy atom. The third-order valence-electron chi connectivity index (χ3n) is 2.45. The highest BCUT2D eigenvalue weighted by molar-refractivity contribution is 5.38. The predicted octanol–water partition coefficient (Wildman–Crippen LogP) is 3.43. The fourth-order valence-corrected chi connectivity index (χ4v) is 1.48. The van der Waals surface area contributed by atoms with Gasteiger partial charge < -0.3 is 9.30 Å². The third-order valence-corrected chi connectivity index (χ3v) is 2.45. The standard InChI is InChI=1S/C13H15NO/c1-10-6-7-11(2)12(9-10)15-13-5-4-8-14(13)3/h4-9H,1-3H3. The lowest BCUT2D eigenvalue weighted by Crippen LogP contribution is -1.93. The summed E-state index contributed by atoms with van der Waals surface area (Å²) in [6, 6.07) is 10.2. The van der Waals surface area contributed by atoms with Crippen molar-refractivity contribution >= 4 is 0 Å². The van der Waals surface area contributed by atoms with Crippen LogP contribution in [0, 0.1) is 13.8 Å². The summed E-state index contributed by atoms with van der Waals surface area (Å²) in [5, 5.41) is 0. The zero-order valence-electron chi connectivity index (χ0n) is 9.32. The summed E-state index contributed by atoms with van der Waals surface area (Å²) >= 11 is 0. The van der Waals surface area contributed by atoms with Gasteiger partial charge in [0.05, 0.1) is 0 Å². The van der Waals surface area contributed by atoms with Crippen molar-refractivity contribution in [2.45, 2.75) is 13.8 Å². The molecular formula is C13H15NO. The molecule has 1 aromatic heterocycles. The van der Waals surface area contributed by atoms with Crippen molar-refractivity contribution in [3.63, 3.8) is 0 Å². The first-order valence-corrected chi connectivity index (χ1v) is 5.03. The van der Waals surface area contributed by atoms with E-state index in [1.807, 2.05) is 29.9 Å². The number of hydrogen-bond donors (Lipinski definition) is 0. The SMILES string of the molecule is Cc1ccc(C)c(Oc2cccn2C)c1. The van der Waals surface area contributed by atoms with Crippen LogP contribution in [-0.4, -0.2) is 4.57 Å². The quantitative estimate of drug-likeness (QED) is 0.726. The summed E-state index contributed by atoms with van der Waals surface area (Å²) < 4.78 is 7.78. The average Bonchev–Trinajstić information content (AvgIpc) is 2.58. The second kappa shape index (κ2) is 3.81. The van der Waals surface area contributed by atoms with Gasteiger partial charge in [-0.3, -0.25) is 0 Å².